The van der Waals surface area contributed by atoms with Gasteiger partial charge in [0.25, 0.3) is 0 Å². The first-order valence-corrected chi connectivity index (χ1v) is 13.0. The maximum atomic E-state index is 13.6. The number of allylic oxidation sites excluding steroid dienone is 4. The van der Waals surface area contributed by atoms with Gasteiger partial charge in [0.15, 0.2) is 0 Å². The Morgan fingerprint density at radius 3 is 2.70 bits per heavy atom. The molecule has 184 valence electrons. The molecule has 33 heavy (non-hydrogen) atoms. The van der Waals surface area contributed by atoms with Gasteiger partial charge in [-0.3, -0.25) is 9.59 Å². The average Bonchev–Trinajstić information content (AvgIpc) is 3.33. The lowest BCUT2D eigenvalue weighted by molar-refractivity contribution is -0.152. The Morgan fingerprint density at radius 1 is 1.18 bits per heavy atom. The fourth-order valence-corrected chi connectivity index (χ4v) is 5.27. The number of rotatable bonds is 10. The van der Waals surface area contributed by atoms with Gasteiger partial charge in [0.2, 0.25) is 11.8 Å². The molecule has 8 heteroatoms. The van der Waals surface area contributed by atoms with Crippen LogP contribution in [0.1, 0.15) is 64.2 Å². The van der Waals surface area contributed by atoms with Gasteiger partial charge >= 0.3 is 5.97 Å². The highest BCUT2D eigenvalue weighted by Crippen LogP contribution is 2.30. The van der Waals surface area contributed by atoms with Crippen molar-refractivity contribution in [1.29, 1.82) is 0 Å². The van der Waals surface area contributed by atoms with E-state index >= 15 is 0 Å². The van der Waals surface area contributed by atoms with Crippen LogP contribution in [0.4, 0.5) is 0 Å². The molecule has 2 amide bonds. The first kappa shape index (κ1) is 25.7. The summed E-state index contributed by atoms with van der Waals surface area (Å²) in [4.78, 5) is 40.4. The van der Waals surface area contributed by atoms with Crippen molar-refractivity contribution in [3.05, 3.63) is 24.0 Å². The number of carbonyl (C=O) groups is 3. The number of likely N-dealkylation sites (tertiary alicyclic amines) is 1. The van der Waals surface area contributed by atoms with E-state index in [4.69, 9.17) is 9.47 Å². The Hall–Kier alpha value is -1.96. The van der Waals surface area contributed by atoms with Gasteiger partial charge in [0.05, 0.1) is 19.5 Å². The molecule has 1 heterocycles. The summed E-state index contributed by atoms with van der Waals surface area (Å²) in [5.41, 5.74) is 0. The second-order valence-corrected chi connectivity index (χ2v) is 9.72. The van der Waals surface area contributed by atoms with E-state index in [0.717, 1.165) is 56.5 Å². The van der Waals surface area contributed by atoms with Crippen molar-refractivity contribution in [2.75, 3.05) is 26.0 Å². The minimum absolute atomic E-state index is 0.0395. The Morgan fingerprint density at radius 2 is 1.97 bits per heavy atom. The first-order valence-electron chi connectivity index (χ1n) is 12.3. The zero-order valence-corrected chi connectivity index (χ0v) is 20.6. The lowest BCUT2D eigenvalue weighted by atomic mass is 9.83. The molecule has 3 atom stereocenters. The van der Waals surface area contributed by atoms with E-state index in [1.807, 2.05) is 18.2 Å². The highest BCUT2D eigenvalue weighted by Gasteiger charge is 2.41. The zero-order chi connectivity index (χ0) is 23.6. The number of carbonyl (C=O) groups excluding carboxylic acids is 3. The van der Waals surface area contributed by atoms with Crippen LogP contribution in [-0.4, -0.2) is 60.8 Å². The summed E-state index contributed by atoms with van der Waals surface area (Å²) in [5.74, 6) is 1.17. The zero-order valence-electron chi connectivity index (χ0n) is 19.7. The summed E-state index contributed by atoms with van der Waals surface area (Å²) >= 11 is 4.20. The summed E-state index contributed by atoms with van der Waals surface area (Å²) in [5, 5.41) is 3.07. The molecule has 7 nitrogen and oxygen atoms in total. The van der Waals surface area contributed by atoms with E-state index in [9.17, 15) is 14.4 Å². The third-order valence-electron chi connectivity index (χ3n) is 6.88. The summed E-state index contributed by atoms with van der Waals surface area (Å²) in [6, 6.07) is -1.13. The van der Waals surface area contributed by atoms with E-state index < -0.39 is 12.1 Å². The quantitative estimate of drug-likeness (QED) is 0.286. The molecule has 2 fully saturated rings. The average molecular weight is 479 g/mol. The largest absolute Gasteiger partial charge is 0.498 e. The van der Waals surface area contributed by atoms with Gasteiger partial charge in [-0.05, 0) is 55.8 Å². The van der Waals surface area contributed by atoms with Crippen LogP contribution in [0.15, 0.2) is 24.0 Å². The predicted octanol–water partition coefficient (Wildman–Crippen LogP) is 3.40. The molecule has 0 aromatic rings. The molecule has 0 spiro atoms. The fraction of sp³-hybridized carbons (Fsp3) is 0.720. The van der Waals surface area contributed by atoms with Crippen molar-refractivity contribution < 1.29 is 23.9 Å². The van der Waals surface area contributed by atoms with Crippen molar-refractivity contribution in [2.24, 2.45) is 11.8 Å². The van der Waals surface area contributed by atoms with Crippen molar-refractivity contribution in [3.63, 3.8) is 0 Å². The SMILES string of the molecule is COC(=O)[C@@H]1CCCN1C(=O)[C@@H](NC(=O)CC1C=CC=C(OCCCS)C1)C1CCCCC1. The highest BCUT2D eigenvalue weighted by molar-refractivity contribution is 7.80. The standard InChI is InChI=1S/C25H38N2O5S/c1-31-25(30)21-12-6-13-27(21)24(29)23(19-9-3-2-4-10-19)26-22(28)17-18-8-5-11-20(16-18)32-14-7-15-33/h5,8,11,18-19,21,23,33H,2-4,6-7,9-10,12-17H2,1H3,(H,26,28)/t18?,21-,23-/m0/s1. The summed E-state index contributed by atoms with van der Waals surface area (Å²) < 4.78 is 10.7. The first-order chi connectivity index (χ1) is 16.0. The van der Waals surface area contributed by atoms with Crippen LogP contribution in [0, 0.1) is 11.8 Å². The number of thiol groups is 1. The van der Waals surface area contributed by atoms with Gasteiger partial charge < -0.3 is 19.7 Å². The molecular formula is C25H38N2O5S. The predicted molar refractivity (Wildman–Crippen MR) is 130 cm³/mol. The Balaban J connectivity index is 1.62. The van der Waals surface area contributed by atoms with Gasteiger partial charge in [-0.15, -0.1) is 0 Å². The number of esters is 1. The van der Waals surface area contributed by atoms with Crippen LogP contribution in [0.3, 0.4) is 0 Å². The van der Waals surface area contributed by atoms with Crippen LogP contribution in [-0.2, 0) is 23.9 Å². The van der Waals surface area contributed by atoms with E-state index in [1.54, 1.807) is 4.90 Å². The molecule has 1 saturated carbocycles. The molecular weight excluding hydrogens is 440 g/mol. The topological polar surface area (TPSA) is 84.9 Å². The van der Waals surface area contributed by atoms with Crippen LogP contribution < -0.4 is 5.32 Å². The maximum absolute atomic E-state index is 13.6. The lowest BCUT2D eigenvalue weighted by Gasteiger charge is -2.34. The minimum Gasteiger partial charge on any atom is -0.498 e. The molecule has 0 aromatic heterocycles. The maximum Gasteiger partial charge on any atom is 0.328 e. The number of nitrogens with zero attached hydrogens (tertiary/aromatic N) is 1. The van der Waals surface area contributed by atoms with Crippen molar-refractivity contribution in [2.45, 2.75) is 76.3 Å². The number of ether oxygens (including phenoxy) is 2. The van der Waals surface area contributed by atoms with Crippen LogP contribution in [0.2, 0.25) is 0 Å². The molecule has 2 aliphatic carbocycles. The van der Waals surface area contributed by atoms with Crippen LogP contribution >= 0.6 is 12.6 Å². The van der Waals surface area contributed by atoms with Gasteiger partial charge in [-0.25, -0.2) is 4.79 Å². The number of hydrogen-bond acceptors (Lipinski definition) is 6. The normalized spacial score (nSPS) is 24.2. The fourth-order valence-electron chi connectivity index (χ4n) is 5.14. The van der Waals surface area contributed by atoms with Gasteiger partial charge in [-0.2, -0.15) is 12.6 Å². The second-order valence-electron chi connectivity index (χ2n) is 9.27. The van der Waals surface area contributed by atoms with Crippen molar-refractivity contribution in [3.8, 4) is 0 Å². The second kappa shape index (κ2) is 13.1. The van der Waals surface area contributed by atoms with Crippen molar-refractivity contribution >= 4 is 30.4 Å². The number of methoxy groups -OCH3 is 1. The molecule has 1 saturated heterocycles. The van der Waals surface area contributed by atoms with Gasteiger partial charge in [0, 0.05) is 19.4 Å². The number of nitrogens with one attached hydrogen (secondary N) is 1. The Kier molecular flexibility index (Phi) is 10.2. The van der Waals surface area contributed by atoms with Crippen LogP contribution in [0.25, 0.3) is 0 Å². The third-order valence-corrected chi connectivity index (χ3v) is 7.20. The molecule has 1 unspecified atom stereocenters. The van der Waals surface area contributed by atoms with Gasteiger partial charge in [0.1, 0.15) is 12.1 Å². The molecule has 0 aromatic carbocycles. The molecule has 3 rings (SSSR count). The molecule has 0 radical (unpaired) electrons. The molecule has 1 aliphatic heterocycles. The van der Waals surface area contributed by atoms with E-state index in [2.05, 4.69) is 17.9 Å². The van der Waals surface area contributed by atoms with E-state index in [0.29, 0.717) is 32.4 Å². The van der Waals surface area contributed by atoms with Crippen molar-refractivity contribution in [1.82, 2.24) is 10.2 Å². The minimum atomic E-state index is -0.586. The summed E-state index contributed by atoms with van der Waals surface area (Å²) in [6.45, 7) is 1.15. The third kappa shape index (κ3) is 7.26. The summed E-state index contributed by atoms with van der Waals surface area (Å²) in [6.07, 6.45) is 14.3. The molecule has 1 N–H and O–H groups in total. The highest BCUT2D eigenvalue weighted by atomic mass is 32.1. The lowest BCUT2D eigenvalue weighted by Crippen LogP contribution is -2.55. The molecule has 3 aliphatic rings. The van der Waals surface area contributed by atoms with E-state index in [-0.39, 0.29) is 29.6 Å². The van der Waals surface area contributed by atoms with Gasteiger partial charge in [-0.1, -0.05) is 31.4 Å². The molecule has 0 bridgehead atoms. The summed E-state index contributed by atoms with van der Waals surface area (Å²) in [7, 11) is 1.35. The monoisotopic (exact) mass is 478 g/mol. The number of hydrogen-bond donors (Lipinski definition) is 2. The van der Waals surface area contributed by atoms with E-state index in [1.165, 1.54) is 7.11 Å². The number of amides is 2. The Bertz CT molecular complexity index is 747. The van der Waals surface area contributed by atoms with Crippen LogP contribution in [0.5, 0.6) is 0 Å². The Labute approximate surface area is 202 Å². The smallest absolute Gasteiger partial charge is 0.328 e.